The number of carbonyl (C=O) groups is 1. The third-order valence-corrected chi connectivity index (χ3v) is 3.62. The molecule has 2 aromatic carbocycles. The first-order valence-corrected chi connectivity index (χ1v) is 7.45. The fourth-order valence-corrected chi connectivity index (χ4v) is 2.42. The number of benzene rings is 2. The van der Waals surface area contributed by atoms with Crippen LogP contribution in [0.2, 0.25) is 0 Å². The average molecular weight is 360 g/mol. The molecule has 0 saturated carbocycles. The second kappa shape index (κ2) is 7.05. The third-order valence-electron chi connectivity index (χ3n) is 3.62. The Morgan fingerprint density at radius 2 is 1.62 bits per heavy atom. The zero-order chi connectivity index (χ0) is 18.7. The number of carbonyl (C=O) groups excluding carboxylic acids is 1. The van der Waals surface area contributed by atoms with Gasteiger partial charge in [0.05, 0.1) is 21.5 Å². The van der Waals surface area contributed by atoms with Gasteiger partial charge in [0.2, 0.25) is 0 Å². The summed E-state index contributed by atoms with van der Waals surface area (Å²) in [6, 6.07) is 8.02. The number of hydrogen-bond donors (Lipinski definition) is 0. The van der Waals surface area contributed by atoms with E-state index in [2.05, 4.69) is 0 Å². The molecule has 1 aliphatic rings. The average Bonchev–Trinajstić information content (AvgIpc) is 2.65. The summed E-state index contributed by atoms with van der Waals surface area (Å²) in [6.07, 6.45) is 0. The van der Waals surface area contributed by atoms with Crippen molar-refractivity contribution in [1.29, 1.82) is 0 Å². The van der Waals surface area contributed by atoms with E-state index in [1.807, 2.05) is 0 Å². The third kappa shape index (κ3) is 3.38. The molecule has 0 spiro atoms. The van der Waals surface area contributed by atoms with Gasteiger partial charge in [-0.25, -0.2) is 4.79 Å². The molecule has 2 aromatic rings. The summed E-state index contributed by atoms with van der Waals surface area (Å²) in [5.74, 6) is -0.635. The van der Waals surface area contributed by atoms with Crippen LogP contribution in [0.3, 0.4) is 0 Å². The Labute approximate surface area is 146 Å². The van der Waals surface area contributed by atoms with Crippen molar-refractivity contribution in [2.24, 2.45) is 0 Å². The van der Waals surface area contributed by atoms with E-state index >= 15 is 0 Å². The molecule has 10 heteroatoms. The molecule has 0 aromatic heterocycles. The summed E-state index contributed by atoms with van der Waals surface area (Å²) < 4.78 is 15.6. The molecular formula is C16H12N2O8. The Kier molecular flexibility index (Phi) is 4.65. The quantitative estimate of drug-likeness (QED) is 0.452. The van der Waals surface area contributed by atoms with Crippen molar-refractivity contribution in [2.75, 3.05) is 13.2 Å². The van der Waals surface area contributed by atoms with Crippen LogP contribution in [0.25, 0.3) is 0 Å². The van der Waals surface area contributed by atoms with Gasteiger partial charge in [-0.3, -0.25) is 20.2 Å². The maximum absolute atomic E-state index is 12.3. The van der Waals surface area contributed by atoms with E-state index in [1.165, 1.54) is 24.3 Å². The summed E-state index contributed by atoms with van der Waals surface area (Å²) in [4.78, 5) is 33.2. The van der Waals surface area contributed by atoms with Crippen molar-refractivity contribution in [3.8, 4) is 11.5 Å². The molecule has 0 unspecified atom stereocenters. The Morgan fingerprint density at radius 3 is 2.27 bits per heavy atom. The highest BCUT2D eigenvalue weighted by molar-refractivity contribution is 5.95. The van der Waals surface area contributed by atoms with Gasteiger partial charge in [0, 0.05) is 12.1 Å². The smallest absolute Gasteiger partial charge is 0.345 e. The second-order valence-electron chi connectivity index (χ2n) is 5.23. The number of ether oxygens (including phenoxy) is 3. The lowest BCUT2D eigenvalue weighted by molar-refractivity contribution is -0.385. The van der Waals surface area contributed by atoms with Crippen LogP contribution in [-0.2, 0) is 11.3 Å². The zero-order valence-corrected chi connectivity index (χ0v) is 13.2. The van der Waals surface area contributed by atoms with Crippen molar-refractivity contribution in [3.05, 3.63) is 67.8 Å². The molecule has 0 saturated heterocycles. The van der Waals surface area contributed by atoms with Gasteiger partial charge in [0.1, 0.15) is 25.4 Å². The monoisotopic (exact) mass is 360 g/mol. The summed E-state index contributed by atoms with van der Waals surface area (Å²) in [5.41, 5.74) is -0.859. The van der Waals surface area contributed by atoms with Gasteiger partial charge < -0.3 is 14.2 Å². The molecule has 0 N–H and O–H groups in total. The normalized spacial score (nSPS) is 12.3. The van der Waals surface area contributed by atoms with E-state index in [1.54, 1.807) is 6.07 Å². The SMILES string of the molecule is O=C(OCc1ccccc1[N+](=O)[O-])c1cc2c(cc1[N+](=O)[O-])OCCO2. The number of hydrogen-bond acceptors (Lipinski definition) is 8. The summed E-state index contributed by atoms with van der Waals surface area (Å²) in [7, 11) is 0. The van der Waals surface area contributed by atoms with E-state index < -0.39 is 28.1 Å². The number of nitro groups is 2. The number of nitro benzene ring substituents is 2. The van der Waals surface area contributed by atoms with Crippen LogP contribution in [-0.4, -0.2) is 29.0 Å². The molecule has 3 rings (SSSR count). The Bertz CT molecular complexity index is 896. The topological polar surface area (TPSA) is 131 Å². The first-order valence-electron chi connectivity index (χ1n) is 7.45. The van der Waals surface area contributed by atoms with Crippen molar-refractivity contribution in [3.63, 3.8) is 0 Å². The standard InChI is InChI=1S/C16H12N2O8/c19-16(26-9-10-3-1-2-4-12(10)17(20)21)11-7-14-15(25-6-5-24-14)8-13(11)18(22)23/h1-4,7-8H,5-6,9H2. The van der Waals surface area contributed by atoms with Crippen molar-refractivity contribution in [2.45, 2.75) is 6.61 Å². The van der Waals surface area contributed by atoms with E-state index in [9.17, 15) is 25.0 Å². The predicted molar refractivity (Wildman–Crippen MR) is 86.3 cm³/mol. The van der Waals surface area contributed by atoms with Crippen molar-refractivity contribution < 1.29 is 28.9 Å². The Hall–Kier alpha value is -3.69. The lowest BCUT2D eigenvalue weighted by atomic mass is 10.1. The highest BCUT2D eigenvalue weighted by Gasteiger charge is 2.27. The minimum absolute atomic E-state index is 0.165. The predicted octanol–water partition coefficient (Wildman–Crippen LogP) is 2.63. The van der Waals surface area contributed by atoms with E-state index in [0.717, 1.165) is 6.07 Å². The molecule has 0 atom stereocenters. The zero-order valence-electron chi connectivity index (χ0n) is 13.2. The lowest BCUT2D eigenvalue weighted by Gasteiger charge is -2.18. The van der Waals surface area contributed by atoms with Crippen LogP contribution < -0.4 is 9.47 Å². The van der Waals surface area contributed by atoms with E-state index in [0.29, 0.717) is 0 Å². The van der Waals surface area contributed by atoms with Gasteiger partial charge in [-0.15, -0.1) is 0 Å². The first kappa shape index (κ1) is 17.1. The Morgan fingerprint density at radius 1 is 1.00 bits per heavy atom. The van der Waals surface area contributed by atoms with E-state index in [-0.39, 0.29) is 41.5 Å². The molecule has 26 heavy (non-hydrogen) atoms. The molecule has 10 nitrogen and oxygen atoms in total. The fraction of sp³-hybridized carbons (Fsp3) is 0.188. The number of esters is 1. The minimum Gasteiger partial charge on any atom is -0.486 e. The Balaban J connectivity index is 1.86. The summed E-state index contributed by atoms with van der Waals surface area (Å²) >= 11 is 0. The largest absolute Gasteiger partial charge is 0.486 e. The number of nitrogens with zero attached hydrogens (tertiary/aromatic N) is 2. The fourth-order valence-electron chi connectivity index (χ4n) is 2.42. The van der Waals surface area contributed by atoms with Crippen molar-refractivity contribution >= 4 is 17.3 Å². The summed E-state index contributed by atoms with van der Waals surface area (Å²) in [6.45, 7) is 0.0860. The van der Waals surface area contributed by atoms with E-state index in [4.69, 9.17) is 14.2 Å². The van der Waals surface area contributed by atoms with Crippen LogP contribution in [0.1, 0.15) is 15.9 Å². The van der Waals surface area contributed by atoms with Crippen LogP contribution in [0.15, 0.2) is 36.4 Å². The molecule has 134 valence electrons. The highest BCUT2D eigenvalue weighted by atomic mass is 16.6. The van der Waals surface area contributed by atoms with Crippen LogP contribution >= 0.6 is 0 Å². The maximum Gasteiger partial charge on any atom is 0.345 e. The van der Waals surface area contributed by atoms with Gasteiger partial charge >= 0.3 is 5.97 Å². The molecule has 0 radical (unpaired) electrons. The van der Waals surface area contributed by atoms with Crippen LogP contribution in [0, 0.1) is 20.2 Å². The maximum atomic E-state index is 12.3. The van der Waals surface area contributed by atoms with Gasteiger partial charge in [0.25, 0.3) is 11.4 Å². The number of para-hydroxylation sites is 1. The van der Waals surface area contributed by atoms with Gasteiger partial charge in [-0.05, 0) is 6.07 Å². The molecule has 0 fully saturated rings. The first-order chi connectivity index (χ1) is 12.5. The lowest BCUT2D eigenvalue weighted by Crippen LogP contribution is -2.17. The molecule has 0 aliphatic carbocycles. The van der Waals surface area contributed by atoms with Gasteiger partial charge in [0.15, 0.2) is 11.5 Å². The molecule has 0 amide bonds. The molecule has 0 bridgehead atoms. The minimum atomic E-state index is -0.994. The van der Waals surface area contributed by atoms with Gasteiger partial charge in [-0.2, -0.15) is 0 Å². The number of fused-ring (bicyclic) bond motifs is 1. The molecular weight excluding hydrogens is 348 g/mol. The van der Waals surface area contributed by atoms with Gasteiger partial charge in [-0.1, -0.05) is 12.1 Å². The highest BCUT2D eigenvalue weighted by Crippen LogP contribution is 2.37. The van der Waals surface area contributed by atoms with Crippen molar-refractivity contribution in [1.82, 2.24) is 0 Å². The molecule has 1 aliphatic heterocycles. The number of rotatable bonds is 5. The van der Waals surface area contributed by atoms with Crippen LogP contribution in [0.5, 0.6) is 11.5 Å². The molecule has 1 heterocycles. The second-order valence-corrected chi connectivity index (χ2v) is 5.23. The summed E-state index contributed by atoms with van der Waals surface area (Å²) in [5, 5.41) is 22.2. The van der Waals surface area contributed by atoms with Crippen LogP contribution in [0.4, 0.5) is 11.4 Å².